The molecule has 0 radical (unpaired) electrons. The van der Waals surface area contributed by atoms with Gasteiger partial charge in [-0.15, -0.1) is 0 Å². The molecule has 3 rings (SSSR count). The first-order valence-corrected chi connectivity index (χ1v) is 9.85. The third-order valence-electron chi connectivity index (χ3n) is 5.17. The third-order valence-corrected chi connectivity index (χ3v) is 5.17. The van der Waals surface area contributed by atoms with E-state index in [2.05, 4.69) is 10.0 Å². The van der Waals surface area contributed by atoms with Crippen LogP contribution in [0.15, 0.2) is 65.8 Å². The van der Waals surface area contributed by atoms with Crippen molar-refractivity contribution in [3.8, 4) is 0 Å². The summed E-state index contributed by atoms with van der Waals surface area (Å²) in [5.74, 6) is -1.37. The molecule has 0 spiro atoms. The summed E-state index contributed by atoms with van der Waals surface area (Å²) in [7, 11) is 0. The fourth-order valence-electron chi connectivity index (χ4n) is 3.68. The van der Waals surface area contributed by atoms with Crippen LogP contribution in [-0.2, 0) is 22.4 Å². The van der Waals surface area contributed by atoms with Crippen LogP contribution >= 0.6 is 0 Å². The summed E-state index contributed by atoms with van der Waals surface area (Å²) in [6, 6.07) is 18.0. The summed E-state index contributed by atoms with van der Waals surface area (Å²) in [6.45, 7) is -0.339. The predicted octanol–water partition coefficient (Wildman–Crippen LogP) is 3.50. The fraction of sp³-hybridized carbons (Fsp3) is 0.364. The highest BCUT2D eigenvalue weighted by atomic mass is 16.6. The summed E-state index contributed by atoms with van der Waals surface area (Å²) in [5, 5.41) is 13.7. The van der Waals surface area contributed by atoms with Crippen LogP contribution in [0.2, 0.25) is 0 Å². The Balaban J connectivity index is 1.72. The van der Waals surface area contributed by atoms with Gasteiger partial charge in [0, 0.05) is 11.0 Å². The van der Waals surface area contributed by atoms with Gasteiger partial charge in [0.1, 0.15) is 6.61 Å². The number of carbonyl (C=O) groups excluding carboxylic acids is 2. The normalized spacial score (nSPS) is 17.7. The maximum atomic E-state index is 13.1. The Morgan fingerprint density at radius 3 is 2.40 bits per heavy atom. The fourth-order valence-corrected chi connectivity index (χ4v) is 3.68. The molecule has 30 heavy (non-hydrogen) atoms. The number of benzene rings is 2. The third kappa shape index (κ3) is 5.37. The van der Waals surface area contributed by atoms with E-state index in [-0.39, 0.29) is 13.0 Å². The molecule has 2 amide bonds. The van der Waals surface area contributed by atoms with Crippen LogP contribution in [0.1, 0.15) is 17.5 Å². The lowest BCUT2D eigenvalue weighted by atomic mass is 9.94. The second-order valence-electron chi connectivity index (χ2n) is 7.29. The minimum absolute atomic E-state index is 0.113. The van der Waals surface area contributed by atoms with Gasteiger partial charge in [0.25, 0.3) is 0 Å². The minimum Gasteiger partial charge on any atom is -0.447 e. The number of hydrogen-bond acceptors (Lipinski definition) is 5. The zero-order valence-electron chi connectivity index (χ0n) is 16.5. The molecule has 1 heterocycles. The van der Waals surface area contributed by atoms with Gasteiger partial charge >= 0.3 is 6.09 Å². The van der Waals surface area contributed by atoms with Crippen LogP contribution in [0.25, 0.3) is 10.4 Å². The second kappa shape index (κ2) is 10.4. The van der Waals surface area contributed by atoms with E-state index in [1.54, 1.807) is 0 Å². The van der Waals surface area contributed by atoms with E-state index < -0.39 is 36.6 Å². The molecule has 0 aromatic heterocycles. The number of imide groups is 1. The number of ether oxygens (including phenoxy) is 1. The van der Waals surface area contributed by atoms with Gasteiger partial charge in [-0.25, -0.2) is 9.69 Å². The number of aliphatic hydroxyl groups excluding tert-OH is 1. The van der Waals surface area contributed by atoms with Crippen LogP contribution in [0.4, 0.5) is 4.79 Å². The molecule has 0 aliphatic carbocycles. The SMILES string of the molecule is [N-]=[N+]=N[C@@H](Cc1ccccc1)C[C@@H](CO)C(=O)N1C(=O)OCC1Cc1ccccc1. The molecule has 2 aromatic rings. The Bertz CT molecular complexity index is 900. The number of rotatable bonds is 9. The summed E-state index contributed by atoms with van der Waals surface area (Å²) < 4.78 is 5.12. The largest absolute Gasteiger partial charge is 0.447 e. The van der Waals surface area contributed by atoms with Crippen LogP contribution in [-0.4, -0.2) is 47.3 Å². The topological polar surface area (TPSA) is 116 Å². The van der Waals surface area contributed by atoms with Crippen molar-refractivity contribution >= 4 is 12.0 Å². The molecule has 0 bridgehead atoms. The highest BCUT2D eigenvalue weighted by Crippen LogP contribution is 2.23. The van der Waals surface area contributed by atoms with E-state index in [1.807, 2.05) is 60.7 Å². The number of aliphatic hydroxyl groups is 1. The first kappa shape index (κ1) is 21.4. The Kier molecular flexibility index (Phi) is 7.43. The van der Waals surface area contributed by atoms with Gasteiger partial charge in [0.2, 0.25) is 5.91 Å². The highest BCUT2D eigenvalue weighted by Gasteiger charge is 2.41. The monoisotopic (exact) mass is 408 g/mol. The summed E-state index contributed by atoms with van der Waals surface area (Å²) in [5.41, 5.74) is 10.9. The van der Waals surface area contributed by atoms with Gasteiger partial charge < -0.3 is 9.84 Å². The van der Waals surface area contributed by atoms with Crippen molar-refractivity contribution in [3.63, 3.8) is 0 Å². The van der Waals surface area contributed by atoms with Crippen molar-refractivity contribution in [3.05, 3.63) is 82.2 Å². The first-order valence-electron chi connectivity index (χ1n) is 9.85. The van der Waals surface area contributed by atoms with E-state index in [0.717, 1.165) is 16.0 Å². The van der Waals surface area contributed by atoms with Crippen molar-refractivity contribution in [2.24, 2.45) is 11.0 Å². The lowest BCUT2D eigenvalue weighted by Crippen LogP contribution is -2.45. The van der Waals surface area contributed by atoms with Crippen molar-refractivity contribution in [2.75, 3.05) is 13.2 Å². The minimum atomic E-state index is -0.867. The molecular formula is C22H24N4O4. The van der Waals surface area contributed by atoms with E-state index in [4.69, 9.17) is 10.3 Å². The molecule has 0 saturated carbocycles. The van der Waals surface area contributed by atoms with E-state index in [1.165, 1.54) is 0 Å². The van der Waals surface area contributed by atoms with Crippen LogP contribution in [0.5, 0.6) is 0 Å². The van der Waals surface area contributed by atoms with Gasteiger partial charge in [0.15, 0.2) is 0 Å². The maximum Gasteiger partial charge on any atom is 0.416 e. The average Bonchev–Trinajstić information content (AvgIpc) is 3.13. The molecule has 8 heteroatoms. The first-order chi connectivity index (χ1) is 14.6. The molecule has 1 unspecified atom stereocenters. The zero-order valence-corrected chi connectivity index (χ0v) is 16.5. The van der Waals surface area contributed by atoms with Gasteiger partial charge in [-0.1, -0.05) is 65.8 Å². The molecule has 1 aliphatic rings. The highest BCUT2D eigenvalue weighted by molar-refractivity contribution is 5.95. The van der Waals surface area contributed by atoms with Crippen molar-refractivity contribution in [1.82, 2.24) is 4.90 Å². The van der Waals surface area contributed by atoms with E-state index in [9.17, 15) is 14.7 Å². The number of carbonyl (C=O) groups is 2. The Labute approximate surface area is 174 Å². The Morgan fingerprint density at radius 2 is 1.80 bits per heavy atom. The molecule has 1 N–H and O–H groups in total. The molecule has 1 saturated heterocycles. The number of azide groups is 1. The van der Waals surface area contributed by atoms with Gasteiger partial charge in [-0.05, 0) is 35.9 Å². The number of amides is 2. The quantitative estimate of drug-likeness (QED) is 0.388. The molecule has 156 valence electrons. The van der Waals surface area contributed by atoms with Crippen molar-refractivity contribution < 1.29 is 19.4 Å². The number of nitrogens with zero attached hydrogens (tertiary/aromatic N) is 4. The number of cyclic esters (lactones) is 1. The summed E-state index contributed by atoms with van der Waals surface area (Å²) in [6.07, 6.45) is 0.339. The van der Waals surface area contributed by atoms with Crippen LogP contribution < -0.4 is 0 Å². The molecule has 1 aliphatic heterocycles. The lowest BCUT2D eigenvalue weighted by Gasteiger charge is -2.25. The predicted molar refractivity (Wildman–Crippen MR) is 110 cm³/mol. The summed E-state index contributed by atoms with van der Waals surface area (Å²) >= 11 is 0. The Morgan fingerprint density at radius 1 is 1.17 bits per heavy atom. The van der Waals surface area contributed by atoms with E-state index in [0.29, 0.717) is 12.8 Å². The van der Waals surface area contributed by atoms with Crippen LogP contribution in [0.3, 0.4) is 0 Å². The van der Waals surface area contributed by atoms with Crippen molar-refractivity contribution in [1.29, 1.82) is 0 Å². The van der Waals surface area contributed by atoms with Crippen molar-refractivity contribution in [2.45, 2.75) is 31.3 Å². The molecule has 8 nitrogen and oxygen atoms in total. The molecule has 2 aromatic carbocycles. The molecule has 1 fully saturated rings. The maximum absolute atomic E-state index is 13.1. The standard InChI is InChI=1S/C22H24N4O4/c23-25-24-19(11-16-7-3-1-4-8-16)13-18(14-27)21(28)26-20(15-30-22(26)29)12-17-9-5-2-6-10-17/h1-10,18-20,27H,11-15H2/t18-,19-,20?/m0/s1. The van der Waals surface area contributed by atoms with E-state index >= 15 is 0 Å². The van der Waals surface area contributed by atoms with Gasteiger partial charge in [-0.3, -0.25) is 4.79 Å². The summed E-state index contributed by atoms with van der Waals surface area (Å²) in [4.78, 5) is 29.4. The average molecular weight is 408 g/mol. The van der Waals surface area contributed by atoms with Gasteiger partial charge in [-0.2, -0.15) is 0 Å². The second-order valence-corrected chi connectivity index (χ2v) is 7.29. The number of hydrogen-bond donors (Lipinski definition) is 1. The molecular weight excluding hydrogens is 384 g/mol. The zero-order chi connectivity index (χ0) is 21.3. The molecule has 3 atom stereocenters. The lowest BCUT2D eigenvalue weighted by molar-refractivity contribution is -0.135. The van der Waals surface area contributed by atoms with Gasteiger partial charge in [0.05, 0.1) is 18.6 Å². The van der Waals surface area contributed by atoms with Crippen LogP contribution in [0, 0.1) is 5.92 Å². The Hall–Kier alpha value is -3.35. The smallest absolute Gasteiger partial charge is 0.416 e.